The van der Waals surface area contributed by atoms with Crippen LogP contribution in [0.1, 0.15) is 12.0 Å². The molecular weight excluding hydrogens is 150 g/mol. The number of aryl methyl sites for hydroxylation is 1. The lowest BCUT2D eigenvalue weighted by Crippen LogP contribution is -2.08. The lowest BCUT2D eigenvalue weighted by Gasteiger charge is -2.17. The van der Waals surface area contributed by atoms with Crippen LogP contribution in [-0.4, -0.2) is 13.7 Å². The average Bonchev–Trinajstić information content (AvgIpc) is 2.17. The van der Waals surface area contributed by atoms with Gasteiger partial charge in [-0.1, -0.05) is 0 Å². The molecule has 1 aromatic carbocycles. The van der Waals surface area contributed by atoms with E-state index >= 15 is 0 Å². The fraction of sp³-hybridized carbons (Fsp3) is 0.400. The number of fused-ring (bicyclic) bond motifs is 1. The molecule has 0 amide bonds. The van der Waals surface area contributed by atoms with Gasteiger partial charge in [0.25, 0.3) is 0 Å². The van der Waals surface area contributed by atoms with Crippen LogP contribution in [-0.2, 0) is 6.42 Å². The van der Waals surface area contributed by atoms with E-state index in [0.29, 0.717) is 0 Å². The molecule has 0 atom stereocenters. The zero-order valence-corrected chi connectivity index (χ0v) is 7.26. The van der Waals surface area contributed by atoms with Crippen molar-refractivity contribution in [1.82, 2.24) is 0 Å². The topological polar surface area (TPSA) is 21.3 Å². The Kier molecular flexibility index (Phi) is 1.90. The van der Waals surface area contributed by atoms with Crippen LogP contribution in [0, 0.1) is 0 Å². The fourth-order valence-corrected chi connectivity index (χ4v) is 1.52. The van der Waals surface area contributed by atoms with E-state index in [2.05, 4.69) is 11.4 Å². The van der Waals surface area contributed by atoms with E-state index in [1.807, 2.05) is 19.2 Å². The SMILES string of the molecule is CNc1ccc2c(c1)CCCO2. The van der Waals surface area contributed by atoms with E-state index in [4.69, 9.17) is 4.74 Å². The highest BCUT2D eigenvalue weighted by Crippen LogP contribution is 2.26. The summed E-state index contributed by atoms with van der Waals surface area (Å²) < 4.78 is 5.50. The van der Waals surface area contributed by atoms with Crippen molar-refractivity contribution in [3.63, 3.8) is 0 Å². The summed E-state index contributed by atoms with van der Waals surface area (Å²) in [6.45, 7) is 0.867. The van der Waals surface area contributed by atoms with Crippen molar-refractivity contribution in [2.75, 3.05) is 19.0 Å². The van der Waals surface area contributed by atoms with E-state index in [0.717, 1.165) is 25.2 Å². The smallest absolute Gasteiger partial charge is 0.122 e. The summed E-state index contributed by atoms with van der Waals surface area (Å²) in [7, 11) is 1.94. The minimum absolute atomic E-state index is 0.867. The second-order valence-corrected chi connectivity index (χ2v) is 3.02. The third kappa shape index (κ3) is 1.24. The third-order valence-corrected chi connectivity index (χ3v) is 2.20. The number of nitrogens with one attached hydrogen (secondary N) is 1. The second-order valence-electron chi connectivity index (χ2n) is 3.02. The molecule has 2 nitrogen and oxygen atoms in total. The molecular formula is C10H13NO. The van der Waals surface area contributed by atoms with E-state index < -0.39 is 0 Å². The highest BCUT2D eigenvalue weighted by atomic mass is 16.5. The lowest BCUT2D eigenvalue weighted by atomic mass is 10.1. The van der Waals surface area contributed by atoms with Gasteiger partial charge in [-0.25, -0.2) is 0 Å². The van der Waals surface area contributed by atoms with Crippen LogP contribution >= 0.6 is 0 Å². The zero-order valence-electron chi connectivity index (χ0n) is 7.26. The molecule has 0 saturated carbocycles. The van der Waals surface area contributed by atoms with Gasteiger partial charge in [0.05, 0.1) is 6.61 Å². The molecule has 0 aromatic heterocycles. The minimum Gasteiger partial charge on any atom is -0.493 e. The van der Waals surface area contributed by atoms with Gasteiger partial charge in [0.2, 0.25) is 0 Å². The molecule has 1 aliphatic heterocycles. The molecule has 1 heterocycles. The van der Waals surface area contributed by atoms with Gasteiger partial charge >= 0.3 is 0 Å². The van der Waals surface area contributed by atoms with Crippen molar-refractivity contribution in [2.45, 2.75) is 12.8 Å². The maximum atomic E-state index is 5.50. The van der Waals surface area contributed by atoms with Gasteiger partial charge in [0.1, 0.15) is 5.75 Å². The Labute approximate surface area is 72.5 Å². The van der Waals surface area contributed by atoms with Crippen LogP contribution in [0.15, 0.2) is 18.2 Å². The Morgan fingerprint density at radius 1 is 1.42 bits per heavy atom. The molecule has 0 saturated heterocycles. The van der Waals surface area contributed by atoms with Crippen molar-refractivity contribution in [1.29, 1.82) is 0 Å². The highest BCUT2D eigenvalue weighted by molar-refractivity contribution is 5.51. The Morgan fingerprint density at radius 2 is 2.33 bits per heavy atom. The van der Waals surface area contributed by atoms with E-state index in [1.54, 1.807) is 0 Å². The zero-order chi connectivity index (χ0) is 8.39. The summed E-state index contributed by atoms with van der Waals surface area (Å²) in [4.78, 5) is 0. The summed E-state index contributed by atoms with van der Waals surface area (Å²) in [5.41, 5.74) is 2.49. The summed E-state index contributed by atoms with van der Waals surface area (Å²) in [5.74, 6) is 1.06. The molecule has 2 rings (SSSR count). The quantitative estimate of drug-likeness (QED) is 0.684. The van der Waals surface area contributed by atoms with Crippen LogP contribution < -0.4 is 10.1 Å². The molecule has 2 heteroatoms. The number of rotatable bonds is 1. The van der Waals surface area contributed by atoms with E-state index in [1.165, 1.54) is 11.3 Å². The fourth-order valence-electron chi connectivity index (χ4n) is 1.52. The summed E-state index contributed by atoms with van der Waals surface area (Å²) >= 11 is 0. The number of hydrogen-bond acceptors (Lipinski definition) is 2. The van der Waals surface area contributed by atoms with Gasteiger partial charge in [-0.2, -0.15) is 0 Å². The van der Waals surface area contributed by atoms with Crippen molar-refractivity contribution >= 4 is 5.69 Å². The second kappa shape index (κ2) is 3.05. The maximum Gasteiger partial charge on any atom is 0.122 e. The van der Waals surface area contributed by atoms with Crippen LogP contribution in [0.25, 0.3) is 0 Å². The molecule has 0 radical (unpaired) electrons. The molecule has 0 unspecified atom stereocenters. The molecule has 1 N–H and O–H groups in total. The molecule has 0 fully saturated rings. The lowest BCUT2D eigenvalue weighted by molar-refractivity contribution is 0.288. The highest BCUT2D eigenvalue weighted by Gasteiger charge is 2.09. The first-order valence-corrected chi connectivity index (χ1v) is 4.33. The number of ether oxygens (including phenoxy) is 1. The third-order valence-electron chi connectivity index (χ3n) is 2.20. The average molecular weight is 163 g/mol. The number of benzene rings is 1. The summed E-state index contributed by atoms with van der Waals surface area (Å²) in [6, 6.07) is 6.25. The van der Waals surface area contributed by atoms with Crippen molar-refractivity contribution in [2.24, 2.45) is 0 Å². The number of anilines is 1. The first-order chi connectivity index (χ1) is 5.90. The van der Waals surface area contributed by atoms with Crippen LogP contribution in [0.3, 0.4) is 0 Å². The van der Waals surface area contributed by atoms with Gasteiger partial charge < -0.3 is 10.1 Å². The van der Waals surface area contributed by atoms with Crippen molar-refractivity contribution < 1.29 is 4.74 Å². The largest absolute Gasteiger partial charge is 0.493 e. The molecule has 0 spiro atoms. The molecule has 0 bridgehead atoms. The maximum absolute atomic E-state index is 5.50. The summed E-state index contributed by atoms with van der Waals surface area (Å²) in [6.07, 6.45) is 2.28. The van der Waals surface area contributed by atoms with Gasteiger partial charge in [-0.05, 0) is 36.6 Å². The minimum atomic E-state index is 0.867. The van der Waals surface area contributed by atoms with E-state index in [9.17, 15) is 0 Å². The molecule has 0 aliphatic carbocycles. The monoisotopic (exact) mass is 163 g/mol. The van der Waals surface area contributed by atoms with Gasteiger partial charge in [0, 0.05) is 12.7 Å². The summed E-state index contributed by atoms with van der Waals surface area (Å²) in [5, 5.41) is 3.12. The molecule has 64 valence electrons. The number of hydrogen-bond donors (Lipinski definition) is 1. The van der Waals surface area contributed by atoms with Crippen LogP contribution in [0.5, 0.6) is 5.75 Å². The van der Waals surface area contributed by atoms with Gasteiger partial charge in [-0.15, -0.1) is 0 Å². The van der Waals surface area contributed by atoms with E-state index in [-0.39, 0.29) is 0 Å². The standard InChI is InChI=1S/C10H13NO/c1-11-9-4-5-10-8(7-9)3-2-6-12-10/h4-5,7,11H,2-3,6H2,1H3. The molecule has 1 aliphatic rings. The predicted molar refractivity (Wildman–Crippen MR) is 49.8 cm³/mol. The molecule has 12 heavy (non-hydrogen) atoms. The Bertz CT molecular complexity index is 283. The van der Waals surface area contributed by atoms with Gasteiger partial charge in [-0.3, -0.25) is 0 Å². The van der Waals surface area contributed by atoms with Gasteiger partial charge in [0.15, 0.2) is 0 Å². The van der Waals surface area contributed by atoms with Crippen molar-refractivity contribution in [3.8, 4) is 5.75 Å². The van der Waals surface area contributed by atoms with Crippen LogP contribution in [0.4, 0.5) is 5.69 Å². The molecule has 1 aromatic rings. The Morgan fingerprint density at radius 3 is 3.17 bits per heavy atom. The Balaban J connectivity index is 2.36. The normalized spacial score (nSPS) is 14.8. The Hall–Kier alpha value is -1.18. The van der Waals surface area contributed by atoms with Crippen molar-refractivity contribution in [3.05, 3.63) is 23.8 Å². The predicted octanol–water partition coefficient (Wildman–Crippen LogP) is 2.05. The first-order valence-electron chi connectivity index (χ1n) is 4.33. The first kappa shape index (κ1) is 7.47. The van der Waals surface area contributed by atoms with Crippen LogP contribution in [0.2, 0.25) is 0 Å².